The highest BCUT2D eigenvalue weighted by atomic mass is 16.7. The summed E-state index contributed by atoms with van der Waals surface area (Å²) in [6.07, 6.45) is 3.28. The van der Waals surface area contributed by atoms with Crippen molar-refractivity contribution >= 4 is 22.9 Å². The summed E-state index contributed by atoms with van der Waals surface area (Å²) in [5.74, 6) is 0.956. The molecular formula is C28H34N4O3. The summed E-state index contributed by atoms with van der Waals surface area (Å²) < 4.78 is 14.0. The lowest BCUT2D eigenvalue weighted by Crippen LogP contribution is -2.50. The van der Waals surface area contributed by atoms with Gasteiger partial charge in [-0.25, -0.2) is 4.98 Å². The van der Waals surface area contributed by atoms with E-state index in [2.05, 4.69) is 58.9 Å². The molecule has 7 heteroatoms. The van der Waals surface area contributed by atoms with Gasteiger partial charge in [0, 0.05) is 44.9 Å². The highest BCUT2D eigenvalue weighted by Crippen LogP contribution is 2.33. The first-order chi connectivity index (χ1) is 17.1. The van der Waals surface area contributed by atoms with Crippen LogP contribution >= 0.6 is 0 Å². The first kappa shape index (κ1) is 22.6. The Morgan fingerprint density at radius 1 is 0.971 bits per heavy atom. The quantitative estimate of drug-likeness (QED) is 0.573. The maximum atomic E-state index is 13.3. The number of hydrogen-bond acceptors (Lipinski definition) is 5. The van der Waals surface area contributed by atoms with Gasteiger partial charge < -0.3 is 23.8 Å². The van der Waals surface area contributed by atoms with E-state index in [-0.39, 0.29) is 5.92 Å². The Balaban J connectivity index is 1.15. The zero-order valence-electron chi connectivity index (χ0n) is 20.5. The maximum Gasteiger partial charge on any atom is 0.225 e. The van der Waals surface area contributed by atoms with Crippen LogP contribution in [0.5, 0.6) is 0 Å². The lowest BCUT2D eigenvalue weighted by atomic mass is 9.93. The van der Waals surface area contributed by atoms with E-state index in [0.717, 1.165) is 75.4 Å². The number of fused-ring (bicyclic) bond motifs is 1. The molecule has 3 fully saturated rings. The normalized spacial score (nSPS) is 20.7. The fourth-order valence-corrected chi connectivity index (χ4v) is 5.86. The number of carbonyl (C=O) groups is 1. The van der Waals surface area contributed by atoms with E-state index in [4.69, 9.17) is 14.5 Å². The van der Waals surface area contributed by atoms with Crippen molar-refractivity contribution in [3.05, 3.63) is 59.7 Å². The van der Waals surface area contributed by atoms with Crippen LogP contribution in [0, 0.1) is 12.8 Å². The average molecular weight is 475 g/mol. The molecule has 3 saturated heterocycles. The smallest absolute Gasteiger partial charge is 0.225 e. The average Bonchev–Trinajstić information content (AvgIpc) is 3.50. The van der Waals surface area contributed by atoms with Crippen molar-refractivity contribution in [2.45, 2.75) is 44.9 Å². The van der Waals surface area contributed by atoms with E-state index in [1.165, 1.54) is 11.1 Å². The van der Waals surface area contributed by atoms with Gasteiger partial charge in [-0.05, 0) is 43.0 Å². The van der Waals surface area contributed by atoms with Crippen LogP contribution in [0.3, 0.4) is 0 Å². The Labute approximate surface area is 206 Å². The molecule has 0 radical (unpaired) electrons. The number of aromatic nitrogens is 2. The number of rotatable bonds is 4. The maximum absolute atomic E-state index is 13.3. The van der Waals surface area contributed by atoms with Crippen molar-refractivity contribution in [2.75, 3.05) is 44.3 Å². The molecule has 2 aromatic carbocycles. The van der Waals surface area contributed by atoms with Crippen LogP contribution in [0.15, 0.2) is 48.5 Å². The lowest BCUT2D eigenvalue weighted by molar-refractivity contribution is -0.188. The topological polar surface area (TPSA) is 59.8 Å². The van der Waals surface area contributed by atoms with Crippen molar-refractivity contribution in [1.29, 1.82) is 0 Å². The Hall–Kier alpha value is -2.90. The molecule has 0 unspecified atom stereocenters. The van der Waals surface area contributed by atoms with E-state index in [1.807, 2.05) is 11.0 Å². The molecule has 184 valence electrons. The van der Waals surface area contributed by atoms with Gasteiger partial charge in [-0.2, -0.15) is 0 Å². The highest BCUT2D eigenvalue weighted by Gasteiger charge is 2.42. The fraction of sp³-hybridized carbons (Fsp3) is 0.500. The molecule has 7 nitrogen and oxygen atoms in total. The first-order valence-electron chi connectivity index (χ1n) is 12.9. The number of amides is 1. The van der Waals surface area contributed by atoms with Crippen LogP contribution in [0.2, 0.25) is 0 Å². The summed E-state index contributed by atoms with van der Waals surface area (Å²) >= 11 is 0. The molecule has 3 aromatic rings. The zero-order chi connectivity index (χ0) is 23.8. The van der Waals surface area contributed by atoms with E-state index in [0.29, 0.717) is 19.1 Å². The standard InChI is InChI=1S/C28H34N4O3/c1-21-6-2-3-7-23(21)20-32-25-9-5-4-8-24(25)29-27(32)31-14-10-22(11-15-31)26(33)30-16-12-28(13-17-30)34-18-19-35-28/h2-9,22H,10-20H2,1H3. The molecule has 1 aromatic heterocycles. The number of likely N-dealkylation sites (tertiary alicyclic amines) is 1. The number of imidazole rings is 1. The number of hydrogen-bond donors (Lipinski definition) is 0. The van der Waals surface area contributed by atoms with Gasteiger partial charge in [0.05, 0.1) is 30.8 Å². The molecule has 0 atom stereocenters. The number of nitrogens with zero attached hydrogens (tertiary/aromatic N) is 4. The third-order valence-corrected chi connectivity index (χ3v) is 8.00. The second-order valence-corrected chi connectivity index (χ2v) is 10.1. The monoisotopic (exact) mass is 474 g/mol. The van der Waals surface area contributed by atoms with E-state index in [9.17, 15) is 4.79 Å². The number of carbonyl (C=O) groups excluding carboxylic acids is 1. The van der Waals surface area contributed by atoms with Gasteiger partial charge in [0.25, 0.3) is 0 Å². The van der Waals surface area contributed by atoms with Crippen molar-refractivity contribution in [3.63, 3.8) is 0 Å². The predicted octanol–water partition coefficient (Wildman–Crippen LogP) is 3.97. The molecule has 0 bridgehead atoms. The zero-order valence-corrected chi connectivity index (χ0v) is 20.5. The summed E-state index contributed by atoms with van der Waals surface area (Å²) in [5.41, 5.74) is 4.77. The minimum atomic E-state index is -0.434. The van der Waals surface area contributed by atoms with Crippen molar-refractivity contribution in [1.82, 2.24) is 14.5 Å². The van der Waals surface area contributed by atoms with Gasteiger partial charge in [0.1, 0.15) is 0 Å². The number of piperidine rings is 2. The number of aryl methyl sites for hydroxylation is 1. The number of benzene rings is 2. The molecule has 35 heavy (non-hydrogen) atoms. The fourth-order valence-electron chi connectivity index (χ4n) is 5.86. The van der Waals surface area contributed by atoms with Crippen LogP contribution in [0.4, 0.5) is 5.95 Å². The lowest BCUT2D eigenvalue weighted by Gasteiger charge is -2.40. The Bertz CT molecular complexity index is 1200. The molecule has 3 aliphatic rings. The van der Waals surface area contributed by atoms with Crippen molar-refractivity contribution in [3.8, 4) is 0 Å². The number of ether oxygens (including phenoxy) is 2. The summed E-state index contributed by atoms with van der Waals surface area (Å²) in [7, 11) is 0. The van der Waals surface area contributed by atoms with E-state index < -0.39 is 5.79 Å². The van der Waals surface area contributed by atoms with E-state index in [1.54, 1.807) is 0 Å². The Morgan fingerprint density at radius 3 is 2.40 bits per heavy atom. The van der Waals surface area contributed by atoms with E-state index >= 15 is 0 Å². The minimum absolute atomic E-state index is 0.0833. The second kappa shape index (κ2) is 9.28. The van der Waals surface area contributed by atoms with Gasteiger partial charge in [0.2, 0.25) is 11.9 Å². The molecule has 4 heterocycles. The van der Waals surface area contributed by atoms with Crippen LogP contribution in [-0.2, 0) is 20.8 Å². The SMILES string of the molecule is Cc1ccccc1Cn1c(N2CCC(C(=O)N3CCC4(CC3)OCCO4)CC2)nc2ccccc21. The highest BCUT2D eigenvalue weighted by molar-refractivity contribution is 5.80. The number of para-hydroxylation sites is 2. The molecule has 1 spiro atoms. The summed E-state index contributed by atoms with van der Waals surface area (Å²) in [6.45, 7) is 7.44. The van der Waals surface area contributed by atoms with Gasteiger partial charge >= 0.3 is 0 Å². The van der Waals surface area contributed by atoms with Crippen LogP contribution in [-0.4, -0.2) is 65.5 Å². The molecule has 0 aliphatic carbocycles. The summed E-state index contributed by atoms with van der Waals surface area (Å²) in [5, 5.41) is 0. The minimum Gasteiger partial charge on any atom is -0.347 e. The molecule has 0 N–H and O–H groups in total. The molecular weight excluding hydrogens is 440 g/mol. The van der Waals surface area contributed by atoms with Crippen molar-refractivity contribution in [2.24, 2.45) is 5.92 Å². The van der Waals surface area contributed by atoms with Gasteiger partial charge in [0.15, 0.2) is 5.79 Å². The second-order valence-electron chi connectivity index (χ2n) is 10.1. The van der Waals surface area contributed by atoms with Gasteiger partial charge in [-0.15, -0.1) is 0 Å². The largest absolute Gasteiger partial charge is 0.347 e. The van der Waals surface area contributed by atoms with Crippen molar-refractivity contribution < 1.29 is 14.3 Å². The molecule has 0 saturated carbocycles. The number of anilines is 1. The molecule has 1 amide bonds. The molecule has 6 rings (SSSR count). The Kier molecular flexibility index (Phi) is 5.98. The third-order valence-electron chi connectivity index (χ3n) is 8.00. The first-order valence-corrected chi connectivity index (χ1v) is 12.9. The Morgan fingerprint density at radius 2 is 1.66 bits per heavy atom. The van der Waals surface area contributed by atoms with Gasteiger partial charge in [-0.3, -0.25) is 4.79 Å². The molecule has 3 aliphatic heterocycles. The van der Waals surface area contributed by atoms with Crippen LogP contribution < -0.4 is 4.90 Å². The summed E-state index contributed by atoms with van der Waals surface area (Å²) in [4.78, 5) is 22.7. The van der Waals surface area contributed by atoms with Crippen LogP contribution in [0.1, 0.15) is 36.8 Å². The summed E-state index contributed by atoms with van der Waals surface area (Å²) in [6, 6.07) is 16.9. The predicted molar refractivity (Wildman–Crippen MR) is 135 cm³/mol. The van der Waals surface area contributed by atoms with Gasteiger partial charge in [-0.1, -0.05) is 36.4 Å². The van der Waals surface area contributed by atoms with Crippen LogP contribution in [0.25, 0.3) is 11.0 Å². The third kappa shape index (κ3) is 4.32.